The third-order valence-electron chi connectivity index (χ3n) is 7.65. The van der Waals surface area contributed by atoms with E-state index >= 15 is 0 Å². The predicted octanol–water partition coefficient (Wildman–Crippen LogP) is 7.40. The Morgan fingerprint density at radius 1 is 1.02 bits per heavy atom. The third kappa shape index (κ3) is 7.85. The molecule has 46 heavy (non-hydrogen) atoms. The number of carboxylic acids is 1. The lowest BCUT2D eigenvalue weighted by atomic mass is 9.85. The zero-order chi connectivity index (χ0) is 32.9. The SMILES string of the molecule is CCOc1ccccc1O[C@@H]1CCCN(c2cncc(Nc3ccc(C(F)(F)F)c(-c4cccc(CC(C)(C)C(=O)O)c4)n3)n2)C1. The summed E-state index contributed by atoms with van der Waals surface area (Å²) in [5, 5.41) is 12.5. The van der Waals surface area contributed by atoms with E-state index in [1.807, 2.05) is 31.2 Å². The summed E-state index contributed by atoms with van der Waals surface area (Å²) in [7, 11) is 0. The number of benzene rings is 2. The summed E-state index contributed by atoms with van der Waals surface area (Å²) in [5.41, 5.74) is -1.47. The van der Waals surface area contributed by atoms with E-state index in [4.69, 9.17) is 9.47 Å². The predicted molar refractivity (Wildman–Crippen MR) is 169 cm³/mol. The monoisotopic (exact) mass is 635 g/mol. The number of aromatic nitrogens is 3. The van der Waals surface area contributed by atoms with Crippen LogP contribution in [0.25, 0.3) is 11.3 Å². The van der Waals surface area contributed by atoms with E-state index in [0.29, 0.717) is 41.8 Å². The minimum atomic E-state index is -4.66. The molecule has 3 heterocycles. The number of carboxylic acid groups (broad SMARTS) is 1. The number of anilines is 3. The minimum Gasteiger partial charge on any atom is -0.490 e. The molecule has 0 radical (unpaired) electrons. The van der Waals surface area contributed by atoms with Gasteiger partial charge in [0, 0.05) is 12.1 Å². The molecule has 0 spiro atoms. The summed E-state index contributed by atoms with van der Waals surface area (Å²) in [6.45, 7) is 6.89. The maximum absolute atomic E-state index is 14.1. The topological polar surface area (TPSA) is 110 Å². The Kier molecular flexibility index (Phi) is 9.64. The lowest BCUT2D eigenvalue weighted by Gasteiger charge is -2.33. The van der Waals surface area contributed by atoms with Gasteiger partial charge in [-0.2, -0.15) is 13.2 Å². The van der Waals surface area contributed by atoms with E-state index in [-0.39, 0.29) is 29.6 Å². The van der Waals surface area contributed by atoms with Gasteiger partial charge in [0.2, 0.25) is 0 Å². The van der Waals surface area contributed by atoms with Crippen LogP contribution < -0.4 is 19.7 Å². The summed E-state index contributed by atoms with van der Waals surface area (Å²) < 4.78 is 54.2. The summed E-state index contributed by atoms with van der Waals surface area (Å²) in [6.07, 6.45) is 0.213. The Balaban J connectivity index is 1.36. The molecule has 1 aliphatic rings. The summed E-state index contributed by atoms with van der Waals surface area (Å²) >= 11 is 0. The molecule has 1 aliphatic heterocycles. The molecule has 5 rings (SSSR count). The van der Waals surface area contributed by atoms with Crippen LogP contribution in [0.3, 0.4) is 0 Å². The number of pyridine rings is 1. The number of nitrogens with one attached hydrogen (secondary N) is 1. The van der Waals surface area contributed by atoms with E-state index < -0.39 is 23.1 Å². The molecule has 0 saturated carbocycles. The Bertz CT molecular complexity index is 1680. The van der Waals surface area contributed by atoms with E-state index in [2.05, 4.69) is 25.2 Å². The van der Waals surface area contributed by atoms with Crippen molar-refractivity contribution >= 4 is 23.4 Å². The first-order valence-corrected chi connectivity index (χ1v) is 15.1. The Morgan fingerprint density at radius 3 is 2.54 bits per heavy atom. The van der Waals surface area contributed by atoms with Crippen LogP contribution in [0.4, 0.5) is 30.6 Å². The van der Waals surface area contributed by atoms with Gasteiger partial charge in [-0.25, -0.2) is 9.97 Å². The number of halogens is 3. The van der Waals surface area contributed by atoms with Crippen molar-refractivity contribution in [1.82, 2.24) is 15.0 Å². The van der Waals surface area contributed by atoms with Gasteiger partial charge in [0.1, 0.15) is 17.7 Å². The average molecular weight is 636 g/mol. The highest BCUT2D eigenvalue weighted by molar-refractivity contribution is 5.74. The number of rotatable bonds is 11. The number of hydrogen-bond acceptors (Lipinski definition) is 8. The Morgan fingerprint density at radius 2 is 1.80 bits per heavy atom. The first-order chi connectivity index (χ1) is 21.9. The molecule has 12 heteroatoms. The van der Waals surface area contributed by atoms with Gasteiger partial charge in [-0.05, 0) is 75.9 Å². The van der Waals surface area contributed by atoms with Crippen molar-refractivity contribution in [2.45, 2.75) is 52.3 Å². The molecule has 9 nitrogen and oxygen atoms in total. The molecular weight excluding hydrogens is 599 g/mol. The zero-order valence-electron chi connectivity index (χ0n) is 25.8. The van der Waals surface area contributed by atoms with Crippen LogP contribution in [0.15, 0.2) is 73.1 Å². The van der Waals surface area contributed by atoms with Crippen molar-refractivity contribution in [1.29, 1.82) is 0 Å². The first kappa shape index (κ1) is 32.5. The zero-order valence-corrected chi connectivity index (χ0v) is 25.8. The van der Waals surface area contributed by atoms with E-state index in [1.165, 1.54) is 18.3 Å². The number of aliphatic carboxylic acids is 1. The van der Waals surface area contributed by atoms with Crippen molar-refractivity contribution in [2.75, 3.05) is 29.9 Å². The standard InChI is InChI=1S/C34H36F3N5O4/c1-4-45-26-12-5-6-13-27(26)46-24-11-8-16-42(21-24)30-20-38-19-29(40-30)39-28-15-14-25(34(35,36)37)31(41-28)23-10-7-9-22(17-23)18-33(2,3)32(43)44/h5-7,9-10,12-15,17,19-20,24H,4,8,11,16,18,21H2,1-3H3,(H,43,44)(H,39,40,41)/t24-/m1/s1. The molecular formula is C34H36F3N5O4. The summed E-state index contributed by atoms with van der Waals surface area (Å²) in [4.78, 5) is 27.0. The number of ether oxygens (including phenoxy) is 2. The summed E-state index contributed by atoms with van der Waals surface area (Å²) in [6, 6.07) is 16.1. The molecule has 0 aliphatic carbocycles. The number of para-hydroxylation sites is 2. The van der Waals surface area contributed by atoms with Gasteiger partial charge in [0.25, 0.3) is 0 Å². The molecule has 2 N–H and O–H groups in total. The normalized spacial score (nSPS) is 15.3. The molecule has 2 aromatic heterocycles. The Hall–Kier alpha value is -4.87. The van der Waals surface area contributed by atoms with Crippen molar-refractivity contribution in [2.24, 2.45) is 5.41 Å². The molecule has 0 unspecified atom stereocenters. The highest BCUT2D eigenvalue weighted by Crippen LogP contribution is 2.38. The molecule has 2 aromatic carbocycles. The van der Waals surface area contributed by atoms with Gasteiger partial charge in [0.05, 0.1) is 42.2 Å². The second-order valence-electron chi connectivity index (χ2n) is 11.8. The van der Waals surface area contributed by atoms with Crippen molar-refractivity contribution < 1.29 is 32.5 Å². The van der Waals surface area contributed by atoms with Crippen molar-refractivity contribution in [3.63, 3.8) is 0 Å². The quantitative estimate of drug-likeness (QED) is 0.174. The number of carbonyl (C=O) groups is 1. The van der Waals surface area contributed by atoms with Crippen LogP contribution in [-0.4, -0.2) is 51.8 Å². The molecule has 1 atom stereocenters. The fraction of sp³-hybridized carbons (Fsp3) is 0.353. The van der Waals surface area contributed by atoms with Crippen LogP contribution in [0.2, 0.25) is 0 Å². The fourth-order valence-corrected chi connectivity index (χ4v) is 5.34. The number of nitrogens with zero attached hydrogens (tertiary/aromatic N) is 4. The maximum atomic E-state index is 14.1. The van der Waals surface area contributed by atoms with Gasteiger partial charge >= 0.3 is 12.1 Å². The van der Waals surface area contributed by atoms with Crippen molar-refractivity contribution in [3.8, 4) is 22.8 Å². The van der Waals surface area contributed by atoms with Crippen LogP contribution in [0.1, 0.15) is 44.7 Å². The molecule has 1 fully saturated rings. The molecule has 4 aromatic rings. The lowest BCUT2D eigenvalue weighted by molar-refractivity contribution is -0.146. The molecule has 0 amide bonds. The molecule has 242 valence electrons. The molecule has 1 saturated heterocycles. The second kappa shape index (κ2) is 13.6. The van der Waals surface area contributed by atoms with Crippen LogP contribution >= 0.6 is 0 Å². The van der Waals surface area contributed by atoms with Gasteiger partial charge in [-0.1, -0.05) is 30.3 Å². The van der Waals surface area contributed by atoms with Crippen molar-refractivity contribution in [3.05, 3.63) is 84.2 Å². The number of hydrogen-bond donors (Lipinski definition) is 2. The summed E-state index contributed by atoms with van der Waals surface area (Å²) in [5.74, 6) is 1.43. The van der Waals surface area contributed by atoms with Crippen LogP contribution in [0.5, 0.6) is 11.5 Å². The highest BCUT2D eigenvalue weighted by Gasteiger charge is 2.35. The minimum absolute atomic E-state index is 0.107. The average Bonchev–Trinajstić information content (AvgIpc) is 3.02. The highest BCUT2D eigenvalue weighted by atomic mass is 19.4. The van der Waals surface area contributed by atoms with E-state index in [9.17, 15) is 23.1 Å². The number of alkyl halides is 3. The van der Waals surface area contributed by atoms with Gasteiger partial charge in [-0.3, -0.25) is 9.78 Å². The second-order valence-corrected chi connectivity index (χ2v) is 11.8. The molecule has 0 bridgehead atoms. The largest absolute Gasteiger partial charge is 0.490 e. The van der Waals surface area contributed by atoms with E-state index in [1.54, 1.807) is 38.2 Å². The fourth-order valence-electron chi connectivity index (χ4n) is 5.34. The maximum Gasteiger partial charge on any atom is 0.418 e. The van der Waals surface area contributed by atoms with Crippen LogP contribution in [-0.2, 0) is 17.4 Å². The van der Waals surface area contributed by atoms with Crippen LogP contribution in [0, 0.1) is 5.41 Å². The lowest BCUT2D eigenvalue weighted by Crippen LogP contribution is -2.41. The number of piperidine rings is 1. The Labute approximate surface area is 265 Å². The van der Waals surface area contributed by atoms with Gasteiger partial charge in [-0.15, -0.1) is 0 Å². The third-order valence-corrected chi connectivity index (χ3v) is 7.65. The van der Waals surface area contributed by atoms with Gasteiger partial charge in [0.15, 0.2) is 17.3 Å². The van der Waals surface area contributed by atoms with E-state index in [0.717, 1.165) is 25.5 Å². The van der Waals surface area contributed by atoms with Gasteiger partial charge < -0.3 is 24.8 Å². The first-order valence-electron chi connectivity index (χ1n) is 15.1. The smallest absolute Gasteiger partial charge is 0.418 e.